The SMILES string of the molecule is O=C(NS(=O)(=O)c1cnc(NC[C@@H]2CC[C@@H](N=S3(=O)CCCCC3)CO2)c([N+](=O)[O-])c1)c1ccc(N2CCC3(CC2)CC(N2CCC[C@H]2c2ccccc2C2CC2)C3)cc1Oc1cnc2[nH]ccc2c1. The van der Waals surface area contributed by atoms with Crippen LogP contribution in [-0.2, 0) is 24.5 Å². The van der Waals surface area contributed by atoms with Gasteiger partial charge in [0.2, 0.25) is 5.82 Å². The standard InChI is InChI=1S/C51H61N9O8S2/c61-50(57-70(65,66)41-27-46(60(62)63)49(55-32-41)54-30-39-14-12-36(33-67-39)56-69(64)23-4-1-5-24-69)44-15-13-37(26-47(44)68-40-25-35-16-19-52-48(35)53-31-40)58-21-17-51(18-22-58)28-38(29-51)59-20-6-9-45(59)43-8-3-2-7-42(43)34-10-11-34/h2-3,7-8,13,15-16,19,25-27,31-32,34,36,38-39,45H,1,4-6,9-12,14,17-18,20-24,28-30,33H2,(H,52,53)(H,54,55)(H,57,61)/t36-,39+,45+/m1/s1. The van der Waals surface area contributed by atoms with Gasteiger partial charge in [-0.2, -0.15) is 0 Å². The lowest BCUT2D eigenvalue weighted by Gasteiger charge is -2.56. The van der Waals surface area contributed by atoms with E-state index in [0.29, 0.717) is 59.8 Å². The molecule has 19 heteroatoms. The van der Waals surface area contributed by atoms with Gasteiger partial charge < -0.3 is 24.7 Å². The number of piperidine rings is 1. The van der Waals surface area contributed by atoms with E-state index in [1.165, 1.54) is 44.7 Å². The molecule has 0 unspecified atom stereocenters. The van der Waals surface area contributed by atoms with Crippen LogP contribution in [0.15, 0.2) is 88.5 Å². The first kappa shape index (κ1) is 46.7. The number of benzene rings is 2. The zero-order valence-corrected chi connectivity index (χ0v) is 40.9. The molecular weight excluding hydrogens is 931 g/mol. The maximum atomic E-state index is 14.0. The Bertz CT molecular complexity index is 3010. The average Bonchev–Trinajstić information content (AvgIpc) is 3.90. The zero-order valence-electron chi connectivity index (χ0n) is 39.3. The molecule has 6 fully saturated rings. The summed E-state index contributed by atoms with van der Waals surface area (Å²) in [5, 5.41) is 16.0. The summed E-state index contributed by atoms with van der Waals surface area (Å²) >= 11 is 0. The Labute approximate surface area is 408 Å². The molecule has 2 aromatic carbocycles. The van der Waals surface area contributed by atoms with Crippen molar-refractivity contribution in [1.29, 1.82) is 0 Å². The summed E-state index contributed by atoms with van der Waals surface area (Å²) in [6.45, 7) is 3.32. The van der Waals surface area contributed by atoms with Crippen molar-refractivity contribution in [3.05, 3.63) is 106 Å². The van der Waals surface area contributed by atoms with Crippen LogP contribution >= 0.6 is 0 Å². The molecule has 5 aromatic rings. The van der Waals surface area contributed by atoms with Crippen molar-refractivity contribution in [2.75, 3.05) is 54.5 Å². The second kappa shape index (κ2) is 19.2. The monoisotopic (exact) mass is 991 g/mol. The molecule has 2 aliphatic carbocycles. The number of fused-ring (bicyclic) bond motifs is 1. The van der Waals surface area contributed by atoms with Gasteiger partial charge in [0, 0.05) is 82.4 Å². The smallest absolute Gasteiger partial charge is 0.312 e. The summed E-state index contributed by atoms with van der Waals surface area (Å²) in [7, 11) is -6.86. The van der Waals surface area contributed by atoms with Gasteiger partial charge in [-0.05, 0) is 130 Å². The van der Waals surface area contributed by atoms with Crippen molar-refractivity contribution in [2.24, 2.45) is 9.78 Å². The van der Waals surface area contributed by atoms with Gasteiger partial charge in [0.15, 0.2) is 0 Å². The molecule has 11 rings (SSSR count). The van der Waals surface area contributed by atoms with E-state index in [4.69, 9.17) is 9.47 Å². The van der Waals surface area contributed by atoms with Gasteiger partial charge in [-0.15, -0.1) is 0 Å². The Kier molecular flexibility index (Phi) is 12.8. The Morgan fingerprint density at radius 3 is 2.50 bits per heavy atom. The van der Waals surface area contributed by atoms with Crippen LogP contribution in [0.5, 0.6) is 11.5 Å². The normalized spacial score (nSPS) is 23.7. The fourth-order valence-electron chi connectivity index (χ4n) is 11.7. The number of carbonyl (C=O) groups is 1. The highest BCUT2D eigenvalue weighted by molar-refractivity contribution is 7.93. The second-order valence-corrected chi connectivity index (χ2v) is 24.6. The molecule has 70 heavy (non-hydrogen) atoms. The number of hydrogen-bond acceptors (Lipinski definition) is 14. The van der Waals surface area contributed by atoms with Gasteiger partial charge in [0.25, 0.3) is 15.9 Å². The van der Waals surface area contributed by atoms with E-state index in [0.717, 1.165) is 81.0 Å². The van der Waals surface area contributed by atoms with Crippen molar-refractivity contribution in [3.63, 3.8) is 0 Å². The number of carbonyl (C=O) groups excluding carboxylic acids is 1. The van der Waals surface area contributed by atoms with Crippen LogP contribution in [0.25, 0.3) is 11.0 Å². The summed E-state index contributed by atoms with van der Waals surface area (Å²) < 4.78 is 59.8. The second-order valence-electron chi connectivity index (χ2n) is 20.4. The van der Waals surface area contributed by atoms with Crippen molar-refractivity contribution in [2.45, 2.75) is 119 Å². The third-order valence-corrected chi connectivity index (χ3v) is 19.5. The topological polar surface area (TPSA) is 214 Å². The number of nitrogens with one attached hydrogen (secondary N) is 3. The Morgan fingerprint density at radius 2 is 1.74 bits per heavy atom. The minimum atomic E-state index is -4.66. The third kappa shape index (κ3) is 9.86. The van der Waals surface area contributed by atoms with Gasteiger partial charge in [-0.25, -0.2) is 31.7 Å². The molecule has 7 heterocycles. The number of amides is 1. The molecule has 0 radical (unpaired) electrons. The van der Waals surface area contributed by atoms with Crippen LogP contribution in [0.3, 0.4) is 0 Å². The number of aromatic nitrogens is 3. The highest BCUT2D eigenvalue weighted by atomic mass is 32.2. The van der Waals surface area contributed by atoms with Crippen molar-refractivity contribution in [1.82, 2.24) is 24.6 Å². The Balaban J connectivity index is 0.755. The van der Waals surface area contributed by atoms with Crippen molar-refractivity contribution >= 4 is 53.9 Å². The molecular formula is C51H61N9O8S2. The molecule has 17 nitrogen and oxygen atoms in total. The molecule has 0 bridgehead atoms. The van der Waals surface area contributed by atoms with Crippen LogP contribution in [0, 0.1) is 15.5 Å². The highest BCUT2D eigenvalue weighted by Crippen LogP contribution is 2.55. The first-order valence-corrected chi connectivity index (χ1v) is 28.4. The molecule has 1 spiro atoms. The molecule has 3 atom stereocenters. The molecule has 4 saturated heterocycles. The highest BCUT2D eigenvalue weighted by Gasteiger charge is 2.50. The number of H-pyrrole nitrogens is 1. The first-order valence-electron chi connectivity index (χ1n) is 25.0. The number of likely N-dealkylation sites (tertiary alicyclic amines) is 1. The molecule has 6 aliphatic rings. The third-order valence-electron chi connectivity index (χ3n) is 15.7. The number of rotatable bonds is 14. The van der Waals surface area contributed by atoms with E-state index in [-0.39, 0.29) is 35.8 Å². The lowest BCUT2D eigenvalue weighted by Crippen LogP contribution is -2.54. The number of pyridine rings is 2. The molecule has 2 saturated carbocycles. The number of sulfonamides is 1. The fourth-order valence-corrected chi connectivity index (χ4v) is 15.1. The fraction of sp³-hybridized carbons (Fsp3) is 0.510. The summed E-state index contributed by atoms with van der Waals surface area (Å²) in [6, 6.07) is 19.8. The Hall–Kier alpha value is -5.63. The first-order chi connectivity index (χ1) is 33.9. The average molecular weight is 992 g/mol. The number of anilines is 2. The van der Waals surface area contributed by atoms with Crippen LogP contribution in [-0.4, -0.2) is 106 Å². The van der Waals surface area contributed by atoms with Gasteiger partial charge >= 0.3 is 5.69 Å². The van der Waals surface area contributed by atoms with E-state index in [9.17, 15) is 27.5 Å². The largest absolute Gasteiger partial charge is 0.455 e. The summed E-state index contributed by atoms with van der Waals surface area (Å²) in [4.78, 5) is 41.8. The number of hydrogen-bond donors (Lipinski definition) is 3. The van der Waals surface area contributed by atoms with E-state index < -0.39 is 41.2 Å². The molecule has 3 aromatic heterocycles. The number of ether oxygens (including phenoxy) is 2. The molecule has 370 valence electrons. The van der Waals surface area contributed by atoms with Crippen LogP contribution < -0.4 is 19.7 Å². The number of aromatic amines is 1. The summed E-state index contributed by atoms with van der Waals surface area (Å²) in [5.41, 5.74) is 4.31. The quantitative estimate of drug-likeness (QED) is 0.0701. The Morgan fingerprint density at radius 1 is 0.943 bits per heavy atom. The summed E-state index contributed by atoms with van der Waals surface area (Å²) in [5.74, 6) is 1.36. The lowest BCUT2D eigenvalue weighted by atomic mass is 9.59. The van der Waals surface area contributed by atoms with Crippen LogP contribution in [0.2, 0.25) is 0 Å². The number of nitrogens with zero attached hydrogens (tertiary/aromatic N) is 6. The predicted octanol–water partition coefficient (Wildman–Crippen LogP) is 8.85. The minimum Gasteiger partial charge on any atom is -0.455 e. The van der Waals surface area contributed by atoms with Crippen LogP contribution in [0.4, 0.5) is 17.2 Å². The molecule has 3 N–H and O–H groups in total. The van der Waals surface area contributed by atoms with E-state index in [1.807, 2.05) is 12.1 Å². The minimum absolute atomic E-state index is 0.0472. The van der Waals surface area contributed by atoms with Gasteiger partial charge in [0.05, 0.1) is 41.6 Å². The number of nitro groups is 1. The van der Waals surface area contributed by atoms with E-state index >= 15 is 0 Å². The van der Waals surface area contributed by atoms with Gasteiger partial charge in [0.1, 0.15) is 22.0 Å². The molecule has 4 aliphatic heterocycles. The van der Waals surface area contributed by atoms with Crippen molar-refractivity contribution in [3.8, 4) is 11.5 Å². The van der Waals surface area contributed by atoms with Gasteiger partial charge in [-0.1, -0.05) is 30.7 Å². The maximum absolute atomic E-state index is 14.0. The maximum Gasteiger partial charge on any atom is 0.312 e. The zero-order chi connectivity index (χ0) is 48.0. The van der Waals surface area contributed by atoms with E-state index in [1.54, 1.807) is 35.5 Å². The van der Waals surface area contributed by atoms with Crippen molar-refractivity contribution < 1.29 is 31.8 Å². The van der Waals surface area contributed by atoms with Gasteiger partial charge in [-0.3, -0.25) is 19.8 Å². The molecule has 1 amide bonds. The predicted molar refractivity (Wildman–Crippen MR) is 268 cm³/mol. The summed E-state index contributed by atoms with van der Waals surface area (Å²) in [6.07, 6.45) is 17.8. The lowest BCUT2D eigenvalue weighted by molar-refractivity contribution is -0.384. The van der Waals surface area contributed by atoms with Crippen LogP contribution in [0.1, 0.15) is 117 Å². The van der Waals surface area contributed by atoms with E-state index in [2.05, 4.69) is 63.4 Å².